The molecule has 1 aromatic carbocycles. The highest BCUT2D eigenvalue weighted by Gasteiger charge is 2.54. The molecule has 2 unspecified atom stereocenters. The Hall–Kier alpha value is -4.09. The second kappa shape index (κ2) is 12.8. The number of alkyl carbamates (subject to hydrolysis) is 1. The number of carboxylic acids is 1. The highest BCUT2D eigenvalue weighted by atomic mass is 32.2. The van der Waals surface area contributed by atoms with E-state index in [2.05, 4.69) is 26.2 Å². The van der Waals surface area contributed by atoms with Crippen molar-refractivity contribution in [1.29, 1.82) is 0 Å². The summed E-state index contributed by atoms with van der Waals surface area (Å²) >= 11 is 3.87. The molecule has 3 N–H and O–H groups in total. The number of ether oxygens (including phenoxy) is 2. The number of nitrogens with zero attached hydrogens (tertiary/aromatic N) is 5. The molecule has 3 atom stereocenters. The van der Waals surface area contributed by atoms with Gasteiger partial charge in [0, 0.05) is 23.4 Å². The van der Waals surface area contributed by atoms with Gasteiger partial charge in [-0.1, -0.05) is 30.0 Å². The van der Waals surface area contributed by atoms with E-state index in [4.69, 9.17) is 9.47 Å². The number of carbonyl (C=O) groups excluding carboxylic acids is 3. The Labute approximate surface area is 251 Å². The zero-order valence-corrected chi connectivity index (χ0v) is 24.7. The first kappa shape index (κ1) is 29.4. The first-order valence-electron chi connectivity index (χ1n) is 12.4. The number of methoxy groups -OCH3 is 1. The van der Waals surface area contributed by atoms with Crippen molar-refractivity contribution in [3.8, 4) is 5.75 Å². The van der Waals surface area contributed by atoms with Gasteiger partial charge in [-0.25, -0.2) is 14.3 Å². The number of carboxylic acid groups (broad SMARTS) is 1. The summed E-state index contributed by atoms with van der Waals surface area (Å²) < 4.78 is 11.9. The molecule has 4 heterocycles. The van der Waals surface area contributed by atoms with Crippen LogP contribution < -0.4 is 15.4 Å². The van der Waals surface area contributed by atoms with Crippen molar-refractivity contribution in [2.24, 2.45) is 7.05 Å². The standard InChI is InChI=1S/C25H25N7O7S3/c1-31-24(28-29-30-31)42-12-14-11-41-22-18(21(34)32(22)19(14)23(35)36)26-20(33)17(16-4-3-9-40-16)27-25(37)39-10-13-5-7-15(38-2)8-6-13/h3-9,17-18,22H,10-12H2,1-2H3,(H,26,33)(H,27,37)(H,35,36)/t17?,18-,22?/m1/s1. The molecule has 0 saturated carbocycles. The fourth-order valence-corrected chi connectivity index (χ4v) is 7.39. The van der Waals surface area contributed by atoms with E-state index in [0.29, 0.717) is 27.1 Å². The quantitative estimate of drug-likeness (QED) is 0.207. The number of benzene rings is 1. The Morgan fingerprint density at radius 2 is 2.02 bits per heavy atom. The van der Waals surface area contributed by atoms with Crippen molar-refractivity contribution >= 4 is 58.7 Å². The van der Waals surface area contributed by atoms with Gasteiger partial charge in [-0.15, -0.1) is 28.2 Å². The summed E-state index contributed by atoms with van der Waals surface area (Å²) in [4.78, 5) is 53.1. The van der Waals surface area contributed by atoms with Gasteiger partial charge < -0.3 is 25.2 Å². The van der Waals surface area contributed by atoms with Crippen LogP contribution in [0.4, 0.5) is 4.79 Å². The molecule has 3 aromatic rings. The molecule has 0 radical (unpaired) electrons. The predicted octanol–water partition coefficient (Wildman–Crippen LogP) is 1.78. The lowest BCUT2D eigenvalue weighted by atomic mass is 10.0. The Morgan fingerprint density at radius 3 is 2.67 bits per heavy atom. The molecule has 5 rings (SSSR count). The van der Waals surface area contributed by atoms with Gasteiger partial charge >= 0.3 is 12.1 Å². The van der Waals surface area contributed by atoms with Crippen molar-refractivity contribution < 1.29 is 33.8 Å². The van der Waals surface area contributed by atoms with Crippen molar-refractivity contribution in [3.05, 3.63) is 63.5 Å². The number of aliphatic carboxylic acids is 1. The summed E-state index contributed by atoms with van der Waals surface area (Å²) in [5.41, 5.74) is 1.17. The maximum absolute atomic E-state index is 13.4. The third-order valence-electron chi connectivity index (χ3n) is 6.39. The zero-order valence-electron chi connectivity index (χ0n) is 22.3. The van der Waals surface area contributed by atoms with E-state index in [0.717, 1.165) is 5.56 Å². The number of carbonyl (C=O) groups is 4. The minimum Gasteiger partial charge on any atom is -0.497 e. The average Bonchev–Trinajstić information content (AvgIpc) is 3.68. The third-order valence-corrected chi connectivity index (χ3v) is 9.76. The van der Waals surface area contributed by atoms with E-state index in [9.17, 15) is 24.3 Å². The van der Waals surface area contributed by atoms with Gasteiger partial charge in [0.1, 0.15) is 35.5 Å². The highest BCUT2D eigenvalue weighted by molar-refractivity contribution is 8.01. The number of fused-ring (bicyclic) bond motifs is 1. The number of hydrogen-bond acceptors (Lipinski definition) is 12. The van der Waals surface area contributed by atoms with Crippen LogP contribution in [0.2, 0.25) is 0 Å². The zero-order chi connectivity index (χ0) is 29.8. The van der Waals surface area contributed by atoms with E-state index in [-0.39, 0.29) is 18.1 Å². The molecule has 17 heteroatoms. The van der Waals surface area contributed by atoms with Crippen molar-refractivity contribution in [2.45, 2.75) is 29.2 Å². The lowest BCUT2D eigenvalue weighted by Gasteiger charge is -2.49. The van der Waals surface area contributed by atoms with Crippen LogP contribution in [0.1, 0.15) is 16.5 Å². The first-order chi connectivity index (χ1) is 20.3. The van der Waals surface area contributed by atoms with E-state index in [1.165, 1.54) is 44.4 Å². The second-order valence-corrected chi connectivity index (χ2v) is 12.1. The minimum atomic E-state index is -1.23. The summed E-state index contributed by atoms with van der Waals surface area (Å²) in [6.45, 7) is -0.0263. The normalized spacial score (nSPS) is 18.5. The number of amides is 3. The van der Waals surface area contributed by atoms with E-state index in [1.54, 1.807) is 55.9 Å². The van der Waals surface area contributed by atoms with Crippen LogP contribution in [0.3, 0.4) is 0 Å². The maximum atomic E-state index is 13.4. The molecular formula is C25H25N7O7S3. The van der Waals surface area contributed by atoms with Crippen LogP contribution in [-0.4, -0.2) is 84.1 Å². The van der Waals surface area contributed by atoms with Crippen LogP contribution in [-0.2, 0) is 32.8 Å². The molecule has 3 amide bonds. The van der Waals surface area contributed by atoms with Crippen LogP contribution in [0, 0.1) is 0 Å². The second-order valence-electron chi connectivity index (χ2n) is 9.04. The van der Waals surface area contributed by atoms with Gasteiger partial charge in [-0.3, -0.25) is 14.5 Å². The molecule has 0 aliphatic carbocycles. The topological polar surface area (TPSA) is 178 Å². The summed E-state index contributed by atoms with van der Waals surface area (Å²) in [5, 5.41) is 28.1. The van der Waals surface area contributed by atoms with E-state index in [1.807, 2.05) is 0 Å². The number of aryl methyl sites for hydroxylation is 1. The number of thiophene rings is 1. The SMILES string of the molecule is COc1ccc(COC(=O)NC(C(=O)N[C@@H]2C(=O)N3C(C(=O)O)=C(CSc4nnnn4C)CSC23)c2cccs2)cc1. The number of β-lactam (4-membered cyclic amide) rings is 1. The van der Waals surface area contributed by atoms with Gasteiger partial charge in [0.05, 0.1) is 7.11 Å². The van der Waals surface area contributed by atoms with Gasteiger partial charge in [0.2, 0.25) is 11.1 Å². The van der Waals surface area contributed by atoms with Crippen LogP contribution in [0.15, 0.2) is 58.2 Å². The predicted molar refractivity (Wildman–Crippen MR) is 153 cm³/mol. The smallest absolute Gasteiger partial charge is 0.408 e. The van der Waals surface area contributed by atoms with Gasteiger partial charge in [-0.2, -0.15) is 0 Å². The minimum absolute atomic E-state index is 0.0263. The molecule has 2 aliphatic rings. The monoisotopic (exact) mass is 631 g/mol. The third kappa shape index (κ3) is 6.22. The lowest BCUT2D eigenvalue weighted by Crippen LogP contribution is -2.71. The fourth-order valence-electron chi connectivity index (χ4n) is 4.28. The number of hydrogen-bond donors (Lipinski definition) is 3. The Bertz CT molecular complexity index is 1510. The van der Waals surface area contributed by atoms with Crippen molar-refractivity contribution in [2.75, 3.05) is 18.6 Å². The van der Waals surface area contributed by atoms with Crippen LogP contribution >= 0.6 is 34.9 Å². The number of tetrazole rings is 1. The highest BCUT2D eigenvalue weighted by Crippen LogP contribution is 2.41. The molecule has 2 aliphatic heterocycles. The molecule has 0 bridgehead atoms. The van der Waals surface area contributed by atoms with E-state index < -0.39 is 41.3 Å². The first-order valence-corrected chi connectivity index (χ1v) is 15.3. The molecule has 1 saturated heterocycles. The lowest BCUT2D eigenvalue weighted by molar-refractivity contribution is -0.151. The summed E-state index contributed by atoms with van der Waals surface area (Å²) in [5.74, 6) is -1.12. The average molecular weight is 632 g/mol. The Kier molecular flexibility index (Phi) is 8.98. The van der Waals surface area contributed by atoms with Gasteiger partial charge in [-0.05, 0) is 45.1 Å². The van der Waals surface area contributed by atoms with Crippen molar-refractivity contribution in [1.82, 2.24) is 35.7 Å². The molecule has 0 spiro atoms. The number of nitrogens with one attached hydrogen (secondary N) is 2. The summed E-state index contributed by atoms with van der Waals surface area (Å²) in [6, 6.07) is 8.32. The molecule has 14 nitrogen and oxygen atoms in total. The number of rotatable bonds is 11. The molecular weight excluding hydrogens is 607 g/mol. The van der Waals surface area contributed by atoms with Gasteiger partial charge in [0.15, 0.2) is 0 Å². The number of aromatic nitrogens is 4. The fraction of sp³-hybridized carbons (Fsp3) is 0.320. The van der Waals surface area contributed by atoms with Crippen LogP contribution in [0.25, 0.3) is 0 Å². The Morgan fingerprint density at radius 1 is 1.24 bits per heavy atom. The van der Waals surface area contributed by atoms with Crippen LogP contribution in [0.5, 0.6) is 5.75 Å². The summed E-state index contributed by atoms with van der Waals surface area (Å²) in [6.07, 6.45) is -0.815. The number of thioether (sulfide) groups is 2. The van der Waals surface area contributed by atoms with Gasteiger partial charge in [0.25, 0.3) is 5.91 Å². The molecule has 1 fully saturated rings. The molecule has 2 aromatic heterocycles. The van der Waals surface area contributed by atoms with E-state index >= 15 is 0 Å². The summed E-state index contributed by atoms with van der Waals surface area (Å²) in [7, 11) is 3.22. The largest absolute Gasteiger partial charge is 0.497 e. The maximum Gasteiger partial charge on any atom is 0.408 e. The Balaban J connectivity index is 1.23. The van der Waals surface area contributed by atoms with Crippen molar-refractivity contribution in [3.63, 3.8) is 0 Å². The molecule has 42 heavy (non-hydrogen) atoms. The molecule has 220 valence electrons.